The molecular weight excluding hydrogens is 174 g/mol. The lowest BCUT2D eigenvalue weighted by molar-refractivity contribution is -0.115. The molecule has 1 aliphatic rings. The van der Waals surface area contributed by atoms with Gasteiger partial charge in [-0.05, 0) is 12.5 Å². The van der Waals surface area contributed by atoms with Crippen LogP contribution in [-0.2, 0) is 4.79 Å². The Labute approximate surface area is 82.9 Å². The van der Waals surface area contributed by atoms with Crippen molar-refractivity contribution in [2.75, 3.05) is 0 Å². The molecule has 0 unspecified atom stereocenters. The minimum Gasteiger partial charge on any atom is -0.322 e. The van der Waals surface area contributed by atoms with Gasteiger partial charge in [0.15, 0.2) is 0 Å². The third-order valence-corrected chi connectivity index (χ3v) is 2.20. The van der Waals surface area contributed by atoms with Crippen LogP contribution in [0.3, 0.4) is 0 Å². The van der Waals surface area contributed by atoms with Gasteiger partial charge in [0.25, 0.3) is 0 Å². The summed E-state index contributed by atoms with van der Waals surface area (Å²) in [5, 5.41) is 2.66. The van der Waals surface area contributed by atoms with E-state index in [9.17, 15) is 4.79 Å². The van der Waals surface area contributed by atoms with Crippen molar-refractivity contribution >= 4 is 11.5 Å². The lowest BCUT2D eigenvalue weighted by atomic mass is 10.0. The summed E-state index contributed by atoms with van der Waals surface area (Å²) in [4.78, 5) is 11.1. The zero-order chi connectivity index (χ0) is 10.1. The van der Waals surface area contributed by atoms with E-state index < -0.39 is 0 Å². The third-order valence-electron chi connectivity index (χ3n) is 2.20. The molecular formula is C12H11NO. The van der Waals surface area contributed by atoms with Crippen LogP contribution in [0.4, 0.5) is 0 Å². The van der Waals surface area contributed by atoms with E-state index in [1.54, 1.807) is 6.08 Å². The van der Waals surface area contributed by atoms with E-state index in [0.717, 1.165) is 11.1 Å². The normalized spacial score (nSPS) is 15.4. The summed E-state index contributed by atoms with van der Waals surface area (Å²) in [6, 6.07) is 8.01. The first-order valence-electron chi connectivity index (χ1n) is 4.46. The number of carbonyl (C=O) groups is 1. The number of nitrogens with one attached hydrogen (secondary N) is 1. The molecule has 0 bridgehead atoms. The number of amides is 1. The molecule has 1 amide bonds. The standard InChI is InChI=1S/C12H11NO/c1-8-4-3-5-10(6-8)11-7-12(14)13-9(11)2/h3-7H,2H2,1H3,(H,13,14). The number of rotatable bonds is 1. The van der Waals surface area contributed by atoms with Gasteiger partial charge in [-0.3, -0.25) is 4.79 Å². The molecule has 0 atom stereocenters. The molecule has 0 radical (unpaired) electrons. The molecule has 2 heteroatoms. The molecule has 0 aliphatic carbocycles. The van der Waals surface area contributed by atoms with Gasteiger partial charge in [0.05, 0.1) is 0 Å². The fourth-order valence-electron chi connectivity index (χ4n) is 1.54. The maximum Gasteiger partial charge on any atom is 0.249 e. The first-order valence-corrected chi connectivity index (χ1v) is 4.46. The van der Waals surface area contributed by atoms with E-state index in [-0.39, 0.29) is 5.91 Å². The Balaban J connectivity index is 2.45. The SMILES string of the molecule is C=C1NC(=O)C=C1c1cccc(C)c1. The zero-order valence-electron chi connectivity index (χ0n) is 8.00. The highest BCUT2D eigenvalue weighted by Crippen LogP contribution is 2.24. The fourth-order valence-corrected chi connectivity index (χ4v) is 1.54. The topological polar surface area (TPSA) is 29.1 Å². The molecule has 14 heavy (non-hydrogen) atoms. The van der Waals surface area contributed by atoms with Gasteiger partial charge in [-0.25, -0.2) is 0 Å². The van der Waals surface area contributed by atoms with Crippen molar-refractivity contribution < 1.29 is 4.79 Å². The number of carbonyl (C=O) groups excluding carboxylic acids is 1. The predicted molar refractivity (Wildman–Crippen MR) is 56.4 cm³/mol. The average molecular weight is 185 g/mol. The Morgan fingerprint density at radius 1 is 1.36 bits per heavy atom. The Morgan fingerprint density at radius 3 is 2.71 bits per heavy atom. The summed E-state index contributed by atoms with van der Waals surface area (Å²) in [7, 11) is 0. The van der Waals surface area contributed by atoms with Crippen LogP contribution >= 0.6 is 0 Å². The van der Waals surface area contributed by atoms with Gasteiger partial charge >= 0.3 is 0 Å². The summed E-state index contributed by atoms with van der Waals surface area (Å²) in [5.41, 5.74) is 3.78. The van der Waals surface area contributed by atoms with Gasteiger partial charge in [0.1, 0.15) is 0 Å². The lowest BCUT2D eigenvalue weighted by Gasteiger charge is -2.04. The lowest BCUT2D eigenvalue weighted by Crippen LogP contribution is -2.12. The molecule has 1 aliphatic heterocycles. The summed E-state index contributed by atoms with van der Waals surface area (Å²) in [5.74, 6) is -0.0912. The van der Waals surface area contributed by atoms with Gasteiger partial charge in [-0.1, -0.05) is 36.4 Å². The number of allylic oxidation sites excluding steroid dienone is 1. The van der Waals surface area contributed by atoms with Crippen LogP contribution in [0.1, 0.15) is 11.1 Å². The Bertz CT molecular complexity index is 443. The molecule has 2 rings (SSSR count). The highest BCUT2D eigenvalue weighted by molar-refractivity contribution is 6.06. The number of hydrogen-bond acceptors (Lipinski definition) is 1. The molecule has 0 aromatic heterocycles. The van der Waals surface area contributed by atoms with E-state index >= 15 is 0 Å². The van der Waals surface area contributed by atoms with Gasteiger partial charge < -0.3 is 5.32 Å². The van der Waals surface area contributed by atoms with Crippen molar-refractivity contribution in [3.63, 3.8) is 0 Å². The van der Waals surface area contributed by atoms with Gasteiger partial charge in [-0.15, -0.1) is 0 Å². The van der Waals surface area contributed by atoms with E-state index in [2.05, 4.69) is 11.9 Å². The van der Waals surface area contributed by atoms with Gasteiger partial charge in [0, 0.05) is 17.3 Å². The number of benzene rings is 1. The van der Waals surface area contributed by atoms with Crippen molar-refractivity contribution in [2.24, 2.45) is 0 Å². The molecule has 1 aromatic carbocycles. The predicted octanol–water partition coefficient (Wildman–Crippen LogP) is 2.02. The maximum absolute atomic E-state index is 11.1. The molecule has 0 spiro atoms. The van der Waals surface area contributed by atoms with Crippen molar-refractivity contribution in [1.29, 1.82) is 0 Å². The Kier molecular flexibility index (Phi) is 1.97. The summed E-state index contributed by atoms with van der Waals surface area (Å²) in [6.45, 7) is 5.82. The minimum absolute atomic E-state index is 0.0912. The van der Waals surface area contributed by atoms with Gasteiger partial charge in [-0.2, -0.15) is 0 Å². The largest absolute Gasteiger partial charge is 0.322 e. The van der Waals surface area contributed by atoms with Crippen LogP contribution in [0, 0.1) is 6.92 Å². The van der Waals surface area contributed by atoms with E-state index in [4.69, 9.17) is 0 Å². The third kappa shape index (κ3) is 1.46. The molecule has 1 heterocycles. The average Bonchev–Trinajstić information content (AvgIpc) is 2.45. The summed E-state index contributed by atoms with van der Waals surface area (Å²) in [6.07, 6.45) is 1.58. The highest BCUT2D eigenvalue weighted by atomic mass is 16.1. The summed E-state index contributed by atoms with van der Waals surface area (Å²) >= 11 is 0. The molecule has 0 saturated heterocycles. The smallest absolute Gasteiger partial charge is 0.249 e. The second-order valence-electron chi connectivity index (χ2n) is 3.40. The number of hydrogen-bond donors (Lipinski definition) is 1. The van der Waals surface area contributed by atoms with Crippen LogP contribution in [0.15, 0.2) is 42.6 Å². The van der Waals surface area contributed by atoms with Gasteiger partial charge in [0.2, 0.25) is 5.91 Å². The zero-order valence-corrected chi connectivity index (χ0v) is 8.00. The van der Waals surface area contributed by atoms with E-state index in [0.29, 0.717) is 5.70 Å². The molecule has 1 N–H and O–H groups in total. The molecule has 0 fully saturated rings. The van der Waals surface area contributed by atoms with Crippen LogP contribution in [0.25, 0.3) is 5.57 Å². The highest BCUT2D eigenvalue weighted by Gasteiger charge is 2.16. The van der Waals surface area contributed by atoms with Crippen LogP contribution < -0.4 is 5.32 Å². The Morgan fingerprint density at radius 2 is 2.14 bits per heavy atom. The summed E-state index contributed by atoms with van der Waals surface area (Å²) < 4.78 is 0. The molecule has 1 aromatic rings. The molecule has 0 saturated carbocycles. The van der Waals surface area contributed by atoms with Crippen LogP contribution in [-0.4, -0.2) is 5.91 Å². The van der Waals surface area contributed by atoms with Crippen molar-refractivity contribution in [2.45, 2.75) is 6.92 Å². The monoisotopic (exact) mass is 185 g/mol. The maximum atomic E-state index is 11.1. The minimum atomic E-state index is -0.0912. The molecule has 2 nitrogen and oxygen atoms in total. The second-order valence-corrected chi connectivity index (χ2v) is 3.40. The fraction of sp³-hybridized carbons (Fsp3) is 0.0833. The second kappa shape index (κ2) is 3.14. The van der Waals surface area contributed by atoms with Crippen molar-refractivity contribution in [3.8, 4) is 0 Å². The number of aryl methyl sites for hydroxylation is 1. The van der Waals surface area contributed by atoms with Crippen LogP contribution in [0.2, 0.25) is 0 Å². The Hall–Kier alpha value is -1.83. The quantitative estimate of drug-likeness (QED) is 0.712. The van der Waals surface area contributed by atoms with Crippen molar-refractivity contribution in [1.82, 2.24) is 5.32 Å². The van der Waals surface area contributed by atoms with E-state index in [1.807, 2.05) is 31.2 Å². The first kappa shape index (κ1) is 8.75. The first-order chi connectivity index (χ1) is 6.66. The van der Waals surface area contributed by atoms with E-state index in [1.165, 1.54) is 5.56 Å². The van der Waals surface area contributed by atoms with Crippen LogP contribution in [0.5, 0.6) is 0 Å². The molecule has 70 valence electrons. The van der Waals surface area contributed by atoms with Crippen molar-refractivity contribution in [3.05, 3.63) is 53.7 Å².